The number of thiazole rings is 1. The summed E-state index contributed by atoms with van der Waals surface area (Å²) in [5.74, 6) is 0.899. The molecule has 10 heteroatoms. The Morgan fingerprint density at radius 1 is 1.26 bits per heavy atom. The van der Waals surface area contributed by atoms with Gasteiger partial charge < -0.3 is 23.8 Å². The summed E-state index contributed by atoms with van der Waals surface area (Å²) in [5.41, 5.74) is 5.31. The molecular weight excluding hydrogens is 502 g/mol. The second kappa shape index (κ2) is 11.1. The van der Waals surface area contributed by atoms with Crippen molar-refractivity contribution in [3.63, 3.8) is 0 Å². The highest BCUT2D eigenvalue weighted by Gasteiger charge is 2.42. The number of nitrogens with zero attached hydrogens (tertiary/aromatic N) is 5. The lowest BCUT2D eigenvalue weighted by molar-refractivity contribution is -0.135. The molecule has 4 aromatic rings. The molecule has 1 aliphatic rings. The zero-order chi connectivity index (χ0) is 26.8. The van der Waals surface area contributed by atoms with Gasteiger partial charge in [-0.1, -0.05) is 38.1 Å². The van der Waals surface area contributed by atoms with Crippen LogP contribution in [0.1, 0.15) is 55.1 Å². The molecule has 1 aromatic carbocycles. The van der Waals surface area contributed by atoms with Gasteiger partial charge in [0.2, 0.25) is 5.91 Å². The molecular formula is C28H33N5O4S. The molecule has 3 aromatic heterocycles. The molecule has 0 spiro atoms. The van der Waals surface area contributed by atoms with Crippen LogP contribution in [0.4, 0.5) is 0 Å². The average Bonchev–Trinajstić information content (AvgIpc) is 3.70. The smallest absolute Gasteiger partial charge is 0.254 e. The molecule has 200 valence electrons. The Balaban J connectivity index is 1.32. The number of aliphatic hydroxyl groups is 1. The van der Waals surface area contributed by atoms with Crippen molar-refractivity contribution < 1.29 is 19.2 Å². The van der Waals surface area contributed by atoms with Gasteiger partial charge in [-0.05, 0) is 35.5 Å². The summed E-state index contributed by atoms with van der Waals surface area (Å²) in [6, 6.07) is 9.92. The maximum absolute atomic E-state index is 13.8. The van der Waals surface area contributed by atoms with Gasteiger partial charge in [0.15, 0.2) is 5.76 Å². The Morgan fingerprint density at radius 2 is 2.05 bits per heavy atom. The van der Waals surface area contributed by atoms with Crippen molar-refractivity contribution in [3.05, 3.63) is 71.1 Å². The number of aryl methyl sites for hydroxylation is 3. The fraction of sp³-hybridized carbons (Fsp3) is 0.429. The van der Waals surface area contributed by atoms with Crippen LogP contribution in [-0.2, 0) is 17.8 Å². The minimum Gasteiger partial charge on any atom is -0.479 e. The number of rotatable bonds is 9. The lowest BCUT2D eigenvalue weighted by Crippen LogP contribution is -2.38. The van der Waals surface area contributed by atoms with E-state index in [1.54, 1.807) is 28.5 Å². The molecule has 1 saturated heterocycles. The molecule has 9 nitrogen and oxygen atoms in total. The predicted octanol–water partition coefficient (Wildman–Crippen LogP) is 4.63. The summed E-state index contributed by atoms with van der Waals surface area (Å²) in [6.07, 6.45) is 4.35. The van der Waals surface area contributed by atoms with Crippen LogP contribution in [0.3, 0.4) is 0 Å². The maximum Gasteiger partial charge on any atom is 0.254 e. The molecule has 38 heavy (non-hydrogen) atoms. The number of hydrogen-bond donors (Lipinski definition) is 1. The Labute approximate surface area is 226 Å². The Morgan fingerprint density at radius 3 is 2.71 bits per heavy atom. The number of aromatic nitrogens is 4. The number of likely N-dealkylation sites (tertiary alicyclic amines) is 1. The highest BCUT2D eigenvalue weighted by molar-refractivity contribution is 7.13. The number of methoxy groups -OCH3 is 1. The first kappa shape index (κ1) is 26.1. The van der Waals surface area contributed by atoms with Crippen LogP contribution in [0.5, 0.6) is 5.88 Å². The normalized spacial score (nSPS) is 18.3. The third-order valence-electron chi connectivity index (χ3n) is 7.17. The van der Waals surface area contributed by atoms with E-state index < -0.39 is 12.0 Å². The molecule has 3 atom stereocenters. The highest BCUT2D eigenvalue weighted by Crippen LogP contribution is 2.37. The number of β-amino-alcohol motifs (C(OH)–C–C–N with tert-alkyl or cyclic N) is 1. The Bertz CT molecular complexity index is 1380. The fourth-order valence-electron chi connectivity index (χ4n) is 5.19. The van der Waals surface area contributed by atoms with Crippen molar-refractivity contribution in [3.8, 4) is 16.3 Å². The van der Waals surface area contributed by atoms with Gasteiger partial charge >= 0.3 is 0 Å². The molecule has 0 bridgehead atoms. The predicted molar refractivity (Wildman–Crippen MR) is 144 cm³/mol. The molecule has 5 rings (SSSR count). The van der Waals surface area contributed by atoms with E-state index in [2.05, 4.69) is 44.0 Å². The van der Waals surface area contributed by atoms with Gasteiger partial charge in [0, 0.05) is 38.0 Å². The molecule has 1 amide bonds. The van der Waals surface area contributed by atoms with E-state index in [1.807, 2.05) is 32.5 Å². The molecule has 1 N–H and O–H groups in total. The first-order valence-corrected chi connectivity index (χ1v) is 13.7. The summed E-state index contributed by atoms with van der Waals surface area (Å²) in [7, 11) is 1.51. The highest BCUT2D eigenvalue weighted by atomic mass is 32.1. The maximum atomic E-state index is 13.8. The molecule has 4 heterocycles. The molecule has 1 aliphatic heterocycles. The number of aliphatic hydroxyl groups excluding tert-OH is 1. The minimum absolute atomic E-state index is 0.0324. The van der Waals surface area contributed by atoms with E-state index in [0.29, 0.717) is 18.1 Å². The van der Waals surface area contributed by atoms with E-state index >= 15 is 0 Å². The van der Waals surface area contributed by atoms with Crippen LogP contribution in [0.2, 0.25) is 0 Å². The quantitative estimate of drug-likeness (QED) is 0.333. The van der Waals surface area contributed by atoms with Gasteiger partial charge in [-0.25, -0.2) is 9.97 Å². The summed E-state index contributed by atoms with van der Waals surface area (Å²) in [4.78, 5) is 25.7. The Kier molecular flexibility index (Phi) is 7.62. The van der Waals surface area contributed by atoms with Gasteiger partial charge in [-0.2, -0.15) is 0 Å². The standard InChI is InChI=1S/C28H33N5O4S/c1-17(2)25(23-14-24(36-4)31-37-23)28(35)33-15-21(34)13-22(33)27-29-10-12-32(27)11-9-19-5-7-20(8-6-19)26-18(3)30-16-38-26/h5-8,10,12,14,16-17,21-22,25,34H,9,11,13,15H2,1-4H3/t21-,22+,25?/m1/s1. The molecule has 1 unspecified atom stereocenters. The third-order valence-corrected chi connectivity index (χ3v) is 8.14. The van der Waals surface area contributed by atoms with E-state index in [1.165, 1.54) is 23.1 Å². The van der Waals surface area contributed by atoms with Crippen LogP contribution in [-0.4, -0.2) is 55.4 Å². The van der Waals surface area contributed by atoms with Gasteiger partial charge in [0.05, 0.1) is 35.3 Å². The summed E-state index contributed by atoms with van der Waals surface area (Å²) in [6.45, 7) is 6.95. The summed E-state index contributed by atoms with van der Waals surface area (Å²) < 4.78 is 12.7. The largest absolute Gasteiger partial charge is 0.479 e. The van der Waals surface area contributed by atoms with Crippen LogP contribution >= 0.6 is 11.3 Å². The monoisotopic (exact) mass is 535 g/mol. The number of imidazole rings is 1. The number of carbonyl (C=O) groups excluding carboxylic acids is 1. The molecule has 0 radical (unpaired) electrons. The van der Waals surface area contributed by atoms with Gasteiger partial charge in [-0.15, -0.1) is 11.3 Å². The average molecular weight is 536 g/mol. The minimum atomic E-state index is -0.617. The van der Waals surface area contributed by atoms with Crippen molar-refractivity contribution in [1.29, 1.82) is 0 Å². The number of ether oxygens (including phenoxy) is 1. The summed E-state index contributed by atoms with van der Waals surface area (Å²) in [5, 5.41) is 14.5. The number of carbonyl (C=O) groups is 1. The molecule has 0 saturated carbocycles. The van der Waals surface area contributed by atoms with Crippen LogP contribution in [0.15, 0.2) is 52.8 Å². The van der Waals surface area contributed by atoms with Crippen LogP contribution in [0, 0.1) is 12.8 Å². The second-order valence-corrected chi connectivity index (χ2v) is 10.9. The number of hydrogen-bond acceptors (Lipinski definition) is 8. The first-order valence-electron chi connectivity index (χ1n) is 12.8. The van der Waals surface area contributed by atoms with E-state index in [4.69, 9.17) is 9.26 Å². The molecule has 1 fully saturated rings. The van der Waals surface area contributed by atoms with Crippen molar-refractivity contribution >= 4 is 17.2 Å². The van der Waals surface area contributed by atoms with Gasteiger partial charge in [-0.3, -0.25) is 4.79 Å². The van der Waals surface area contributed by atoms with Crippen LogP contribution < -0.4 is 4.74 Å². The third kappa shape index (κ3) is 5.23. The number of amides is 1. The van der Waals surface area contributed by atoms with E-state index in [-0.39, 0.29) is 24.4 Å². The van der Waals surface area contributed by atoms with Crippen molar-refractivity contribution in [2.45, 2.75) is 58.2 Å². The Hall–Kier alpha value is -3.50. The summed E-state index contributed by atoms with van der Waals surface area (Å²) >= 11 is 1.65. The van der Waals surface area contributed by atoms with Gasteiger partial charge in [0.25, 0.3) is 5.88 Å². The van der Waals surface area contributed by atoms with Crippen molar-refractivity contribution in [1.82, 2.24) is 24.6 Å². The van der Waals surface area contributed by atoms with Crippen LogP contribution in [0.25, 0.3) is 10.4 Å². The topological polar surface area (TPSA) is 107 Å². The van der Waals surface area contributed by atoms with Crippen molar-refractivity contribution in [2.75, 3.05) is 13.7 Å². The first-order chi connectivity index (χ1) is 18.4. The lowest BCUT2D eigenvalue weighted by Gasteiger charge is -2.29. The number of benzene rings is 1. The lowest BCUT2D eigenvalue weighted by atomic mass is 9.91. The second-order valence-electron chi connectivity index (χ2n) is 10.1. The molecule has 0 aliphatic carbocycles. The van der Waals surface area contributed by atoms with Gasteiger partial charge in [0.1, 0.15) is 11.7 Å². The zero-order valence-corrected chi connectivity index (χ0v) is 22.9. The zero-order valence-electron chi connectivity index (χ0n) is 22.1. The van der Waals surface area contributed by atoms with E-state index in [9.17, 15) is 9.90 Å². The SMILES string of the molecule is COc1cc(C(C(=O)N2C[C@H](O)C[C@H]2c2nccn2CCc2ccc(-c3scnc3C)cc2)C(C)C)on1. The van der Waals surface area contributed by atoms with Crippen molar-refractivity contribution in [2.24, 2.45) is 5.92 Å². The van der Waals surface area contributed by atoms with E-state index in [0.717, 1.165) is 24.5 Å². The fourth-order valence-corrected chi connectivity index (χ4v) is 6.00.